The van der Waals surface area contributed by atoms with Crippen molar-refractivity contribution < 1.29 is 17.9 Å². The lowest BCUT2D eigenvalue weighted by atomic mass is 10.2. The third-order valence-corrected chi connectivity index (χ3v) is 5.34. The maximum absolute atomic E-state index is 12.8. The molecule has 0 saturated heterocycles. The lowest BCUT2D eigenvalue weighted by Gasteiger charge is -2.12. The zero-order valence-electron chi connectivity index (χ0n) is 18.2. The van der Waals surface area contributed by atoms with Gasteiger partial charge in [-0.05, 0) is 39.2 Å². The van der Waals surface area contributed by atoms with Gasteiger partial charge in [0.2, 0.25) is 10.0 Å². The summed E-state index contributed by atoms with van der Waals surface area (Å²) in [6, 6.07) is 6.37. The van der Waals surface area contributed by atoms with Crippen molar-refractivity contribution in [2.75, 3.05) is 45.3 Å². The number of nitrogens with one attached hydrogen (secondary N) is 2. The van der Waals surface area contributed by atoms with Crippen molar-refractivity contribution in [2.45, 2.75) is 6.42 Å². The van der Waals surface area contributed by atoms with Crippen LogP contribution >= 0.6 is 11.6 Å². The number of carbonyl (C=O) groups excluding carboxylic acids is 1. The molecule has 2 aromatic heterocycles. The van der Waals surface area contributed by atoms with Crippen LogP contribution in [0.4, 0.5) is 5.69 Å². The Bertz CT molecular complexity index is 1240. The zero-order valence-corrected chi connectivity index (χ0v) is 19.8. The topological polar surface area (TPSA) is 118 Å². The molecule has 0 saturated carbocycles. The molecule has 10 nitrogen and oxygen atoms in total. The summed E-state index contributed by atoms with van der Waals surface area (Å²) in [6.07, 6.45) is 3.36. The van der Waals surface area contributed by atoms with Crippen LogP contribution in [0.3, 0.4) is 0 Å². The second-order valence-corrected chi connectivity index (χ2v) is 9.59. The number of carbonyl (C=O) groups is 1. The molecule has 0 unspecified atom stereocenters. The Morgan fingerprint density at radius 1 is 1.28 bits per heavy atom. The van der Waals surface area contributed by atoms with Crippen LogP contribution in [0.15, 0.2) is 30.5 Å². The van der Waals surface area contributed by atoms with Crippen LogP contribution < -0.4 is 14.8 Å². The van der Waals surface area contributed by atoms with E-state index in [9.17, 15) is 13.2 Å². The fraction of sp³-hybridized carbons (Fsp3) is 0.350. The van der Waals surface area contributed by atoms with Gasteiger partial charge in [-0.3, -0.25) is 9.52 Å². The van der Waals surface area contributed by atoms with E-state index in [2.05, 4.69) is 20.1 Å². The molecule has 2 heterocycles. The molecule has 0 atom stereocenters. The average molecular weight is 481 g/mol. The third kappa shape index (κ3) is 5.67. The number of anilines is 1. The molecule has 0 radical (unpaired) electrons. The molecule has 0 bridgehead atoms. The van der Waals surface area contributed by atoms with E-state index in [-0.39, 0.29) is 16.8 Å². The molecule has 0 aliphatic heterocycles. The number of rotatable bonds is 9. The van der Waals surface area contributed by atoms with Gasteiger partial charge in [-0.2, -0.15) is 5.10 Å². The molecular formula is C20H25ClN6O4S. The van der Waals surface area contributed by atoms with Crippen molar-refractivity contribution >= 4 is 44.1 Å². The van der Waals surface area contributed by atoms with E-state index in [1.807, 2.05) is 19.0 Å². The highest BCUT2D eigenvalue weighted by atomic mass is 35.5. The molecule has 0 aliphatic rings. The highest BCUT2D eigenvalue weighted by molar-refractivity contribution is 7.92. The summed E-state index contributed by atoms with van der Waals surface area (Å²) >= 11 is 6.11. The Hall–Kier alpha value is -2.89. The number of amides is 1. The van der Waals surface area contributed by atoms with E-state index in [0.29, 0.717) is 34.6 Å². The van der Waals surface area contributed by atoms with Gasteiger partial charge in [-0.15, -0.1) is 0 Å². The van der Waals surface area contributed by atoms with Gasteiger partial charge < -0.3 is 15.0 Å². The zero-order chi connectivity index (χ0) is 23.5. The van der Waals surface area contributed by atoms with Crippen LogP contribution in [0.2, 0.25) is 5.15 Å². The number of pyridine rings is 1. The van der Waals surface area contributed by atoms with Gasteiger partial charge in [0.05, 0.1) is 30.0 Å². The average Bonchev–Trinajstić information content (AvgIpc) is 3.08. The molecule has 0 fully saturated rings. The van der Waals surface area contributed by atoms with Gasteiger partial charge in [0.15, 0.2) is 5.69 Å². The molecule has 1 amide bonds. The lowest BCUT2D eigenvalue weighted by molar-refractivity contribution is 0.0948. The number of hydrogen-bond acceptors (Lipinski definition) is 7. The molecule has 32 heavy (non-hydrogen) atoms. The third-order valence-electron chi connectivity index (χ3n) is 4.53. The summed E-state index contributed by atoms with van der Waals surface area (Å²) in [5, 5.41) is 8.15. The first kappa shape index (κ1) is 23.8. The lowest BCUT2D eigenvalue weighted by Crippen LogP contribution is -2.27. The molecular weight excluding hydrogens is 456 g/mol. The van der Waals surface area contributed by atoms with Gasteiger partial charge >= 0.3 is 0 Å². The van der Waals surface area contributed by atoms with Gasteiger partial charge in [-0.1, -0.05) is 11.6 Å². The van der Waals surface area contributed by atoms with E-state index >= 15 is 0 Å². The highest BCUT2D eigenvalue weighted by Gasteiger charge is 2.21. The number of benzene rings is 1. The monoisotopic (exact) mass is 480 g/mol. The molecule has 172 valence electrons. The van der Waals surface area contributed by atoms with Crippen LogP contribution in [0.5, 0.6) is 5.75 Å². The fourth-order valence-electron chi connectivity index (χ4n) is 3.15. The van der Waals surface area contributed by atoms with E-state index in [0.717, 1.165) is 19.2 Å². The Morgan fingerprint density at radius 3 is 2.69 bits per heavy atom. The Kier molecular flexibility index (Phi) is 7.22. The summed E-state index contributed by atoms with van der Waals surface area (Å²) in [4.78, 5) is 19.0. The number of hydrogen-bond donors (Lipinski definition) is 2. The number of halogens is 1. The van der Waals surface area contributed by atoms with E-state index in [4.69, 9.17) is 16.3 Å². The number of ether oxygens (including phenoxy) is 1. The minimum Gasteiger partial charge on any atom is -0.494 e. The minimum absolute atomic E-state index is 0.203. The number of aromatic nitrogens is 3. The molecule has 0 spiro atoms. The molecule has 3 rings (SSSR count). The van der Waals surface area contributed by atoms with Crippen molar-refractivity contribution in [3.05, 3.63) is 41.3 Å². The summed E-state index contributed by atoms with van der Waals surface area (Å²) in [6.45, 7) is 1.35. The van der Waals surface area contributed by atoms with Crippen molar-refractivity contribution in [2.24, 2.45) is 0 Å². The van der Waals surface area contributed by atoms with Crippen molar-refractivity contribution in [3.63, 3.8) is 0 Å². The Balaban J connectivity index is 2.02. The molecule has 2 N–H and O–H groups in total. The van der Waals surface area contributed by atoms with Crippen LogP contribution in [0, 0.1) is 0 Å². The summed E-state index contributed by atoms with van der Waals surface area (Å²) in [5.74, 6) is 0.0277. The Morgan fingerprint density at radius 2 is 2.03 bits per heavy atom. The summed E-state index contributed by atoms with van der Waals surface area (Å²) in [5.41, 5.74) is 1.61. The smallest absolute Gasteiger partial charge is 0.272 e. The van der Waals surface area contributed by atoms with Crippen LogP contribution in [-0.2, 0) is 10.0 Å². The molecule has 12 heteroatoms. The minimum atomic E-state index is -3.45. The normalized spacial score (nSPS) is 11.7. The second kappa shape index (κ2) is 9.72. The number of methoxy groups -OCH3 is 1. The fourth-order valence-corrected chi connectivity index (χ4v) is 3.86. The highest BCUT2D eigenvalue weighted by Crippen LogP contribution is 2.31. The summed E-state index contributed by atoms with van der Waals surface area (Å²) in [7, 11) is 1.94. The number of fused-ring (bicyclic) bond motifs is 1. The van der Waals surface area contributed by atoms with Crippen LogP contribution in [-0.4, -0.2) is 74.5 Å². The summed E-state index contributed by atoms with van der Waals surface area (Å²) < 4.78 is 32.5. The number of sulfonamides is 1. The maximum Gasteiger partial charge on any atom is 0.272 e. The maximum atomic E-state index is 12.8. The largest absolute Gasteiger partial charge is 0.494 e. The first-order valence-corrected chi connectivity index (χ1v) is 12.0. The van der Waals surface area contributed by atoms with Crippen LogP contribution in [0.1, 0.15) is 16.9 Å². The molecule has 1 aromatic carbocycles. The van der Waals surface area contributed by atoms with Crippen molar-refractivity contribution in [1.82, 2.24) is 25.0 Å². The molecule has 3 aromatic rings. The van der Waals surface area contributed by atoms with E-state index in [1.165, 1.54) is 24.1 Å². The Labute approximate surface area is 191 Å². The second-order valence-electron chi connectivity index (χ2n) is 7.46. The molecule has 0 aliphatic carbocycles. The van der Waals surface area contributed by atoms with Gasteiger partial charge in [0.1, 0.15) is 16.6 Å². The van der Waals surface area contributed by atoms with Gasteiger partial charge in [-0.25, -0.2) is 18.1 Å². The van der Waals surface area contributed by atoms with Crippen molar-refractivity contribution in [3.8, 4) is 11.4 Å². The van der Waals surface area contributed by atoms with Crippen LogP contribution in [0.25, 0.3) is 16.6 Å². The first-order chi connectivity index (χ1) is 15.1. The predicted molar refractivity (Wildman–Crippen MR) is 124 cm³/mol. The quantitative estimate of drug-likeness (QED) is 0.355. The van der Waals surface area contributed by atoms with E-state index < -0.39 is 10.0 Å². The standard InChI is InChI=1S/C20H25ClN6O4S/c1-26(2)9-5-8-22-20(28)19-14-12-23-18(21)11-16(14)27(24-19)15-7-6-13(10-17(15)31-3)25-32(4,29)30/h6-7,10-12,25H,5,8-9H2,1-4H3,(H,22,28). The SMILES string of the molecule is COc1cc(NS(C)(=O)=O)ccc1-n1nc(C(=O)NCCCN(C)C)c2cnc(Cl)cc21. The predicted octanol–water partition coefficient (Wildman–Crippen LogP) is 2.14. The number of nitrogens with zero attached hydrogens (tertiary/aromatic N) is 4. The van der Waals surface area contributed by atoms with Gasteiger partial charge in [0.25, 0.3) is 5.91 Å². The first-order valence-electron chi connectivity index (χ1n) is 9.72. The van der Waals surface area contributed by atoms with Gasteiger partial charge in [0, 0.05) is 24.9 Å². The van der Waals surface area contributed by atoms with Crippen molar-refractivity contribution in [1.29, 1.82) is 0 Å². The van der Waals surface area contributed by atoms with E-state index in [1.54, 1.807) is 18.2 Å².